The van der Waals surface area contributed by atoms with E-state index in [0.29, 0.717) is 17.4 Å². The Balaban J connectivity index is 0.000000636. The summed E-state index contributed by atoms with van der Waals surface area (Å²) >= 11 is 0. The van der Waals surface area contributed by atoms with Crippen LogP contribution in [0.4, 0.5) is 0 Å². The van der Waals surface area contributed by atoms with Crippen LogP contribution in [0.2, 0.25) is 0 Å². The smallest absolute Gasteiger partial charge is 0.0256 e. The van der Waals surface area contributed by atoms with Crippen LogP contribution in [-0.2, 0) is 0 Å². The molecule has 0 spiro atoms. The topological polar surface area (TPSA) is 3.24 Å². The molecule has 0 aromatic heterocycles. The molecule has 3 aliphatic rings. The molecule has 0 aromatic carbocycles. The lowest BCUT2D eigenvalue weighted by Gasteiger charge is -2.32. The molecule has 0 amide bonds. The normalized spacial score (nSPS) is 24.8. The lowest BCUT2D eigenvalue weighted by molar-refractivity contribution is 0.367. The lowest BCUT2D eigenvalue weighted by Crippen LogP contribution is -2.21. The van der Waals surface area contributed by atoms with E-state index in [-0.39, 0.29) is 0 Å². The zero-order valence-electron chi connectivity index (χ0n) is 22.3. The van der Waals surface area contributed by atoms with Gasteiger partial charge in [-0.3, -0.25) is 0 Å². The van der Waals surface area contributed by atoms with Gasteiger partial charge in [0.1, 0.15) is 0 Å². The summed E-state index contributed by atoms with van der Waals surface area (Å²) < 4.78 is 0. The summed E-state index contributed by atoms with van der Waals surface area (Å²) in [6.07, 6.45) is 25.3. The largest absolute Gasteiger partial charge is 0.375 e. The summed E-state index contributed by atoms with van der Waals surface area (Å²) in [5.41, 5.74) is 7.82. The number of likely N-dealkylation sites (tertiary alicyclic amines) is 1. The van der Waals surface area contributed by atoms with E-state index >= 15 is 0 Å². The minimum atomic E-state index is 0.318. The van der Waals surface area contributed by atoms with Crippen LogP contribution in [-0.4, -0.2) is 17.5 Å². The number of allylic oxidation sites excluding steroid dienone is 11. The third-order valence-corrected chi connectivity index (χ3v) is 7.45. The Morgan fingerprint density at radius 2 is 1.84 bits per heavy atom. The predicted molar refractivity (Wildman–Crippen MR) is 144 cm³/mol. The average molecular weight is 436 g/mol. The Hall–Kier alpha value is -1.76. The quantitative estimate of drug-likeness (QED) is 0.297. The monoisotopic (exact) mass is 435 g/mol. The van der Waals surface area contributed by atoms with Crippen LogP contribution in [0.1, 0.15) is 100 Å². The first-order chi connectivity index (χ1) is 15.1. The molecule has 1 nitrogen and oxygen atoms in total. The van der Waals surface area contributed by atoms with Gasteiger partial charge in [-0.1, -0.05) is 79.5 Å². The Morgan fingerprint density at radius 1 is 1.12 bits per heavy atom. The van der Waals surface area contributed by atoms with E-state index in [1.54, 1.807) is 11.1 Å². The molecule has 1 saturated carbocycles. The maximum absolute atomic E-state index is 2.51. The van der Waals surface area contributed by atoms with E-state index in [1.807, 2.05) is 0 Å². The maximum Gasteiger partial charge on any atom is 0.0256 e. The van der Waals surface area contributed by atoms with Gasteiger partial charge in [0, 0.05) is 12.6 Å². The summed E-state index contributed by atoms with van der Waals surface area (Å²) in [5.74, 6) is 0.480. The molecule has 0 N–H and O–H groups in total. The van der Waals surface area contributed by atoms with Crippen molar-refractivity contribution < 1.29 is 0 Å². The van der Waals surface area contributed by atoms with Crippen LogP contribution in [0.3, 0.4) is 0 Å². The molecule has 1 heterocycles. The van der Waals surface area contributed by atoms with Crippen molar-refractivity contribution in [3.05, 3.63) is 70.5 Å². The summed E-state index contributed by atoms with van der Waals surface area (Å²) in [6.45, 7) is 19.5. The second-order valence-corrected chi connectivity index (χ2v) is 10.9. The van der Waals surface area contributed by atoms with Crippen molar-refractivity contribution in [2.24, 2.45) is 11.3 Å². The zero-order chi connectivity index (χ0) is 23.7. The lowest BCUT2D eigenvalue weighted by atomic mass is 9.72. The Labute approximate surface area is 199 Å². The second kappa shape index (κ2) is 12.5. The van der Waals surface area contributed by atoms with Crippen molar-refractivity contribution in [3.8, 4) is 0 Å². The molecule has 32 heavy (non-hydrogen) atoms. The van der Waals surface area contributed by atoms with Crippen molar-refractivity contribution in [2.45, 2.75) is 106 Å². The van der Waals surface area contributed by atoms with E-state index in [0.717, 1.165) is 0 Å². The van der Waals surface area contributed by atoms with E-state index < -0.39 is 0 Å². The molecule has 1 heteroatoms. The molecular weight excluding hydrogens is 386 g/mol. The molecule has 2 fully saturated rings. The zero-order valence-corrected chi connectivity index (χ0v) is 22.3. The number of rotatable bonds is 6. The molecule has 2 atom stereocenters. The second-order valence-electron chi connectivity index (χ2n) is 10.9. The highest BCUT2D eigenvalue weighted by molar-refractivity contribution is 5.36. The summed E-state index contributed by atoms with van der Waals surface area (Å²) in [4.78, 5) is 2.51. The molecule has 2 aliphatic carbocycles. The van der Waals surface area contributed by atoms with Gasteiger partial charge in [-0.25, -0.2) is 0 Å². The molecular formula is C31H49N. The third-order valence-electron chi connectivity index (χ3n) is 7.45. The van der Waals surface area contributed by atoms with E-state index in [4.69, 9.17) is 0 Å². The van der Waals surface area contributed by atoms with Gasteiger partial charge < -0.3 is 4.90 Å². The molecule has 1 aliphatic heterocycles. The van der Waals surface area contributed by atoms with E-state index in [2.05, 4.69) is 103 Å². The van der Waals surface area contributed by atoms with Gasteiger partial charge in [0.25, 0.3) is 0 Å². The van der Waals surface area contributed by atoms with Crippen molar-refractivity contribution in [2.75, 3.05) is 6.54 Å². The van der Waals surface area contributed by atoms with Gasteiger partial charge in [0.15, 0.2) is 0 Å². The van der Waals surface area contributed by atoms with Crippen molar-refractivity contribution in [1.82, 2.24) is 4.90 Å². The van der Waals surface area contributed by atoms with Crippen molar-refractivity contribution >= 4 is 0 Å². The highest BCUT2D eigenvalue weighted by atomic mass is 15.2. The molecule has 2 unspecified atom stereocenters. The van der Waals surface area contributed by atoms with Gasteiger partial charge in [-0.15, -0.1) is 0 Å². The third kappa shape index (κ3) is 8.64. The fraction of sp³-hybridized carbons (Fsp3) is 0.613. The molecule has 3 rings (SSSR count). The Bertz CT molecular complexity index is 790. The molecule has 1 saturated heterocycles. The van der Waals surface area contributed by atoms with Crippen LogP contribution in [0.5, 0.6) is 0 Å². The minimum Gasteiger partial charge on any atom is -0.375 e. The minimum absolute atomic E-state index is 0.318. The first-order valence-corrected chi connectivity index (χ1v) is 13.0. The standard InChI is InChI=1S/C26H41N.C5H8/c1-20(15-16-25-22(3)13-9-17-26(25,6)7)11-8-12-21(2)23(4)19-27-18-10-14-24(27)5;1-2-5-3-4-5/h8,11-12,15-16,19,21,24H,9-10,13-14,17-18H2,1-7H3;2H,3-4H2,1H3/b12-8+,16-15+,20-11+,23-19+;. The molecule has 0 bridgehead atoms. The Morgan fingerprint density at radius 3 is 2.38 bits per heavy atom. The molecule has 0 radical (unpaired) electrons. The maximum atomic E-state index is 2.51. The number of nitrogens with zero attached hydrogens (tertiary/aromatic N) is 1. The fourth-order valence-electron chi connectivity index (χ4n) is 4.69. The van der Waals surface area contributed by atoms with Crippen molar-refractivity contribution in [3.63, 3.8) is 0 Å². The first-order valence-electron chi connectivity index (χ1n) is 13.0. The predicted octanol–water partition coefficient (Wildman–Crippen LogP) is 9.32. The SMILES string of the molecule is CC1=C(/C=C/C(C)=C/C=C/C(C)/C(C)=C/N2CCCC2C)C(C)(C)CCC1.CC=C1CC1. The fourth-order valence-corrected chi connectivity index (χ4v) is 4.69. The van der Waals surface area contributed by atoms with Gasteiger partial charge in [-0.05, 0) is 103 Å². The van der Waals surface area contributed by atoms with E-state index in [1.165, 1.54) is 68.2 Å². The van der Waals surface area contributed by atoms with Crippen LogP contribution in [0, 0.1) is 11.3 Å². The van der Waals surface area contributed by atoms with Crippen molar-refractivity contribution in [1.29, 1.82) is 0 Å². The van der Waals surface area contributed by atoms with Crippen LogP contribution >= 0.6 is 0 Å². The van der Waals surface area contributed by atoms with Crippen LogP contribution < -0.4 is 0 Å². The van der Waals surface area contributed by atoms with Crippen LogP contribution in [0.25, 0.3) is 0 Å². The number of hydrogen-bond acceptors (Lipinski definition) is 1. The summed E-state index contributed by atoms with van der Waals surface area (Å²) in [5, 5.41) is 0. The summed E-state index contributed by atoms with van der Waals surface area (Å²) in [7, 11) is 0. The Kier molecular flexibility index (Phi) is 10.3. The van der Waals surface area contributed by atoms with E-state index in [9.17, 15) is 0 Å². The highest BCUT2D eigenvalue weighted by Crippen LogP contribution is 2.40. The van der Waals surface area contributed by atoms with Gasteiger partial charge >= 0.3 is 0 Å². The highest BCUT2D eigenvalue weighted by Gasteiger charge is 2.26. The van der Waals surface area contributed by atoms with Crippen LogP contribution in [0.15, 0.2) is 70.5 Å². The van der Waals surface area contributed by atoms with Gasteiger partial charge in [0.2, 0.25) is 0 Å². The molecule has 0 aromatic rings. The first kappa shape index (κ1) is 26.5. The number of hydrogen-bond donors (Lipinski definition) is 0. The van der Waals surface area contributed by atoms with Gasteiger partial charge in [0.05, 0.1) is 0 Å². The molecule has 178 valence electrons. The average Bonchev–Trinajstić information content (AvgIpc) is 3.49. The van der Waals surface area contributed by atoms with Gasteiger partial charge in [-0.2, -0.15) is 0 Å². The summed E-state index contributed by atoms with van der Waals surface area (Å²) in [6, 6.07) is 0.699.